The maximum absolute atomic E-state index is 12.1. The van der Waals surface area contributed by atoms with E-state index in [4.69, 9.17) is 4.74 Å². The number of hydrogen-bond donors (Lipinski definition) is 2. The summed E-state index contributed by atoms with van der Waals surface area (Å²) in [6, 6.07) is 6.38. The topological polar surface area (TPSA) is 90.3 Å². The van der Waals surface area contributed by atoms with Crippen LogP contribution in [0.25, 0.3) is 0 Å². The van der Waals surface area contributed by atoms with Gasteiger partial charge in [-0.25, -0.2) is 4.98 Å². The molecule has 2 N–H and O–H groups in total. The Morgan fingerprint density at radius 1 is 1.19 bits per heavy atom. The number of anilines is 2. The number of nitrogens with one attached hydrogen (secondary N) is 2. The molecule has 7 nitrogen and oxygen atoms in total. The Morgan fingerprint density at radius 3 is 2.59 bits per heavy atom. The molecule has 1 amide bonds. The summed E-state index contributed by atoms with van der Waals surface area (Å²) in [6.45, 7) is 1.45. The number of pyridine rings is 1. The molecule has 1 saturated heterocycles. The van der Waals surface area contributed by atoms with Crippen molar-refractivity contribution in [3.8, 4) is 6.07 Å². The second-order valence-corrected chi connectivity index (χ2v) is 7.69. The summed E-state index contributed by atoms with van der Waals surface area (Å²) in [5.41, 5.74) is 0.548. The molecule has 1 saturated carbocycles. The van der Waals surface area contributed by atoms with Crippen molar-refractivity contribution in [2.75, 3.05) is 37.9 Å². The smallest absolute Gasteiger partial charge is 0.225 e. The van der Waals surface area contributed by atoms with Crippen LogP contribution in [0.2, 0.25) is 0 Å². The molecule has 0 unspecified atom stereocenters. The van der Waals surface area contributed by atoms with Crippen LogP contribution in [0.15, 0.2) is 12.1 Å². The van der Waals surface area contributed by atoms with Crippen molar-refractivity contribution in [2.45, 2.75) is 50.6 Å². The van der Waals surface area contributed by atoms with Crippen LogP contribution in [0.5, 0.6) is 0 Å². The Kier molecular flexibility index (Phi) is 6.51. The highest BCUT2D eigenvalue weighted by Crippen LogP contribution is 2.28. The van der Waals surface area contributed by atoms with E-state index in [0.29, 0.717) is 24.0 Å². The largest absolute Gasteiger partial charge is 0.379 e. The van der Waals surface area contributed by atoms with Crippen molar-refractivity contribution >= 4 is 17.5 Å². The molecule has 0 aromatic carbocycles. The number of carbonyl (C=O) groups excluding carboxylic acids is 1. The van der Waals surface area contributed by atoms with E-state index in [2.05, 4.69) is 21.7 Å². The average Bonchev–Trinajstić information content (AvgIpc) is 2.69. The summed E-state index contributed by atoms with van der Waals surface area (Å²) in [6.07, 6.45) is 5.74. The third-order valence-corrected chi connectivity index (χ3v) is 5.39. The molecular formula is C20H29N5O2. The van der Waals surface area contributed by atoms with Crippen LogP contribution in [0.1, 0.15) is 44.1 Å². The third-order valence-electron chi connectivity index (χ3n) is 5.39. The molecule has 146 valence electrons. The third kappa shape index (κ3) is 5.10. The highest BCUT2D eigenvalue weighted by Gasteiger charge is 2.27. The molecule has 1 aromatic heterocycles. The normalized spacial score (nSPS) is 25.3. The number of rotatable bonds is 5. The zero-order chi connectivity index (χ0) is 19.2. The van der Waals surface area contributed by atoms with E-state index < -0.39 is 0 Å². The molecule has 3 rings (SSSR count). The fourth-order valence-corrected chi connectivity index (χ4v) is 3.85. The molecule has 0 radical (unpaired) electrons. The summed E-state index contributed by atoms with van der Waals surface area (Å²) in [5, 5.41) is 16.2. The van der Waals surface area contributed by atoms with Crippen LogP contribution in [0, 0.1) is 17.2 Å². The maximum atomic E-state index is 12.1. The summed E-state index contributed by atoms with van der Waals surface area (Å²) in [5.74, 6) is 1.76. The first-order valence-corrected chi connectivity index (χ1v) is 9.80. The minimum absolute atomic E-state index is 0.135. The summed E-state index contributed by atoms with van der Waals surface area (Å²) in [4.78, 5) is 18.4. The van der Waals surface area contributed by atoms with Crippen molar-refractivity contribution < 1.29 is 9.53 Å². The molecule has 1 aliphatic heterocycles. The minimum atomic E-state index is 0.135. The van der Waals surface area contributed by atoms with Gasteiger partial charge in [0.25, 0.3) is 0 Å². The van der Waals surface area contributed by atoms with Gasteiger partial charge in [0.1, 0.15) is 17.7 Å². The fraction of sp³-hybridized carbons (Fsp3) is 0.650. The number of ether oxygens (including phenoxy) is 1. The lowest BCUT2D eigenvalue weighted by atomic mass is 9.85. The van der Waals surface area contributed by atoms with E-state index >= 15 is 0 Å². The van der Waals surface area contributed by atoms with Crippen molar-refractivity contribution in [3.05, 3.63) is 17.7 Å². The second kappa shape index (κ2) is 9.05. The number of nitriles is 1. The molecule has 1 aromatic rings. The fourth-order valence-electron chi connectivity index (χ4n) is 3.85. The predicted octanol–water partition coefficient (Wildman–Crippen LogP) is 2.60. The molecule has 0 bridgehead atoms. The molecule has 1 atom stereocenters. The first-order chi connectivity index (χ1) is 13.1. The SMILES string of the molecule is CN(C)C(=O)[C@H]1CC[C@H](Nc2ccc(C#N)c(N[C@@H]3CCCOC3)n2)CC1. The quantitative estimate of drug-likeness (QED) is 0.827. The van der Waals surface area contributed by atoms with E-state index in [1.165, 1.54) is 0 Å². The van der Waals surface area contributed by atoms with Gasteiger partial charge in [0.2, 0.25) is 5.91 Å². The van der Waals surface area contributed by atoms with Crippen molar-refractivity contribution in [1.82, 2.24) is 9.88 Å². The van der Waals surface area contributed by atoms with E-state index in [1.807, 2.05) is 26.2 Å². The Balaban J connectivity index is 1.60. The van der Waals surface area contributed by atoms with Gasteiger partial charge < -0.3 is 20.3 Å². The van der Waals surface area contributed by atoms with E-state index in [9.17, 15) is 10.1 Å². The van der Waals surface area contributed by atoms with Gasteiger partial charge in [-0.1, -0.05) is 0 Å². The van der Waals surface area contributed by atoms with E-state index in [-0.39, 0.29) is 17.9 Å². The average molecular weight is 371 g/mol. The van der Waals surface area contributed by atoms with Crippen LogP contribution in [-0.2, 0) is 9.53 Å². The summed E-state index contributed by atoms with van der Waals surface area (Å²) in [7, 11) is 3.64. The first kappa shape index (κ1) is 19.4. The van der Waals surface area contributed by atoms with Gasteiger partial charge in [0, 0.05) is 32.7 Å². The van der Waals surface area contributed by atoms with Gasteiger partial charge in [-0.2, -0.15) is 5.26 Å². The van der Waals surface area contributed by atoms with Crippen molar-refractivity contribution in [2.24, 2.45) is 5.92 Å². The lowest BCUT2D eigenvalue weighted by Crippen LogP contribution is -2.35. The maximum Gasteiger partial charge on any atom is 0.225 e. The van der Waals surface area contributed by atoms with Crippen LogP contribution >= 0.6 is 0 Å². The Hall–Kier alpha value is -2.33. The van der Waals surface area contributed by atoms with Crippen LogP contribution in [0.3, 0.4) is 0 Å². The summed E-state index contributed by atoms with van der Waals surface area (Å²) < 4.78 is 5.51. The van der Waals surface area contributed by atoms with Crippen LogP contribution in [0.4, 0.5) is 11.6 Å². The standard InChI is InChI=1S/C20H29N5O2/c1-25(2)20(26)14-5-8-16(9-6-14)22-18-10-7-15(12-21)19(24-18)23-17-4-3-11-27-13-17/h7,10,14,16-17H,3-6,8-9,11,13H2,1-2H3,(H2,22,23,24)/t14-,16-,17-/m1/s1. The molecular weight excluding hydrogens is 342 g/mol. The number of amides is 1. The monoisotopic (exact) mass is 371 g/mol. The lowest BCUT2D eigenvalue weighted by Gasteiger charge is -2.30. The molecule has 2 heterocycles. The second-order valence-electron chi connectivity index (χ2n) is 7.69. The zero-order valence-corrected chi connectivity index (χ0v) is 16.2. The number of nitrogens with zero attached hydrogens (tertiary/aromatic N) is 3. The van der Waals surface area contributed by atoms with E-state index in [0.717, 1.165) is 50.9 Å². The number of aromatic nitrogens is 1. The van der Waals surface area contributed by atoms with Gasteiger partial charge in [0.15, 0.2) is 0 Å². The predicted molar refractivity (Wildman–Crippen MR) is 104 cm³/mol. The summed E-state index contributed by atoms with van der Waals surface area (Å²) >= 11 is 0. The molecule has 27 heavy (non-hydrogen) atoms. The zero-order valence-electron chi connectivity index (χ0n) is 16.2. The van der Waals surface area contributed by atoms with Gasteiger partial charge in [-0.05, 0) is 50.7 Å². The molecule has 7 heteroatoms. The lowest BCUT2D eigenvalue weighted by molar-refractivity contribution is -0.133. The molecule has 0 spiro atoms. The van der Waals surface area contributed by atoms with E-state index in [1.54, 1.807) is 4.90 Å². The Bertz CT molecular complexity index is 686. The van der Waals surface area contributed by atoms with Gasteiger partial charge in [-0.15, -0.1) is 0 Å². The van der Waals surface area contributed by atoms with Crippen LogP contribution < -0.4 is 10.6 Å². The molecule has 1 aliphatic carbocycles. The van der Waals surface area contributed by atoms with Gasteiger partial charge in [-0.3, -0.25) is 4.79 Å². The van der Waals surface area contributed by atoms with Crippen LogP contribution in [-0.4, -0.2) is 55.2 Å². The molecule has 2 aliphatic rings. The highest BCUT2D eigenvalue weighted by atomic mass is 16.5. The molecule has 2 fully saturated rings. The van der Waals surface area contributed by atoms with Crippen molar-refractivity contribution in [1.29, 1.82) is 5.26 Å². The highest BCUT2D eigenvalue weighted by molar-refractivity contribution is 5.78. The number of carbonyl (C=O) groups is 1. The minimum Gasteiger partial charge on any atom is -0.379 e. The van der Waals surface area contributed by atoms with Gasteiger partial charge >= 0.3 is 0 Å². The first-order valence-electron chi connectivity index (χ1n) is 9.80. The number of hydrogen-bond acceptors (Lipinski definition) is 6. The Labute approximate surface area is 161 Å². The van der Waals surface area contributed by atoms with Gasteiger partial charge in [0.05, 0.1) is 18.2 Å². The van der Waals surface area contributed by atoms with Crippen molar-refractivity contribution in [3.63, 3.8) is 0 Å². The Morgan fingerprint density at radius 2 is 1.96 bits per heavy atom.